The average molecular weight is 327 g/mol. The first-order valence-corrected chi connectivity index (χ1v) is 9.01. The highest BCUT2D eigenvalue weighted by atomic mass is 16.2. The molecule has 1 saturated carbocycles. The molecule has 1 aliphatic rings. The van der Waals surface area contributed by atoms with Crippen LogP contribution in [0, 0.1) is 18.3 Å². The largest absolute Gasteiger partial charge is 0.360 e. The lowest BCUT2D eigenvalue weighted by Gasteiger charge is -2.31. The monoisotopic (exact) mass is 327 g/mol. The van der Waals surface area contributed by atoms with Crippen LogP contribution in [0.25, 0.3) is 0 Å². The minimum Gasteiger partial charge on any atom is -0.360 e. The van der Waals surface area contributed by atoms with Crippen molar-refractivity contribution in [3.05, 3.63) is 29.8 Å². The molecule has 1 aromatic carbocycles. The second-order valence-corrected chi connectivity index (χ2v) is 7.21. The van der Waals surface area contributed by atoms with Gasteiger partial charge in [-0.25, -0.2) is 0 Å². The van der Waals surface area contributed by atoms with Crippen molar-refractivity contribution >= 4 is 11.6 Å². The van der Waals surface area contributed by atoms with Crippen LogP contribution in [0.4, 0.5) is 5.69 Å². The van der Waals surface area contributed by atoms with Gasteiger partial charge in [0.1, 0.15) is 5.54 Å². The zero-order chi connectivity index (χ0) is 17.6. The van der Waals surface area contributed by atoms with Gasteiger partial charge < -0.3 is 10.2 Å². The number of nitrogens with one attached hydrogen (secondary N) is 1. The van der Waals surface area contributed by atoms with Gasteiger partial charge in [0.05, 0.1) is 12.6 Å². The number of hydrogen-bond acceptors (Lipinski definition) is 3. The minimum absolute atomic E-state index is 0.0623. The van der Waals surface area contributed by atoms with Gasteiger partial charge in [0.25, 0.3) is 0 Å². The van der Waals surface area contributed by atoms with Crippen molar-refractivity contribution < 1.29 is 4.79 Å². The molecule has 2 rings (SSSR count). The van der Waals surface area contributed by atoms with Gasteiger partial charge in [0, 0.05) is 11.7 Å². The molecule has 0 aromatic heterocycles. The van der Waals surface area contributed by atoms with Crippen molar-refractivity contribution in [3.8, 4) is 6.07 Å². The zero-order valence-electron chi connectivity index (χ0n) is 15.1. The molecule has 1 N–H and O–H groups in total. The van der Waals surface area contributed by atoms with Gasteiger partial charge in [0.2, 0.25) is 5.91 Å². The molecule has 0 saturated heterocycles. The molecular formula is C20H29N3O. The summed E-state index contributed by atoms with van der Waals surface area (Å²) in [6.45, 7) is 6.50. The first-order valence-electron chi connectivity index (χ1n) is 9.01. The summed E-state index contributed by atoms with van der Waals surface area (Å²) in [7, 11) is 0. The van der Waals surface area contributed by atoms with E-state index in [0.717, 1.165) is 44.2 Å². The maximum atomic E-state index is 12.6. The molecule has 130 valence electrons. The summed E-state index contributed by atoms with van der Waals surface area (Å²) in [5, 5.41) is 12.7. The highest BCUT2D eigenvalue weighted by molar-refractivity contribution is 5.82. The molecule has 0 atom stereocenters. The van der Waals surface area contributed by atoms with Crippen LogP contribution in [-0.2, 0) is 4.79 Å². The Bertz CT molecular complexity index is 578. The Morgan fingerprint density at radius 3 is 2.29 bits per heavy atom. The number of rotatable bonds is 5. The molecule has 0 unspecified atom stereocenters. The third kappa shape index (κ3) is 4.74. The van der Waals surface area contributed by atoms with Gasteiger partial charge in [0.15, 0.2) is 0 Å². The summed E-state index contributed by atoms with van der Waals surface area (Å²) in [6, 6.07) is 10.8. The molecule has 4 heteroatoms. The summed E-state index contributed by atoms with van der Waals surface area (Å²) >= 11 is 0. The third-order valence-electron chi connectivity index (χ3n) is 4.85. The van der Waals surface area contributed by atoms with Crippen LogP contribution in [0.1, 0.15) is 57.9 Å². The molecule has 1 aliphatic carbocycles. The first kappa shape index (κ1) is 18.3. The van der Waals surface area contributed by atoms with Crippen molar-refractivity contribution in [1.82, 2.24) is 5.32 Å². The van der Waals surface area contributed by atoms with Crippen molar-refractivity contribution in [3.63, 3.8) is 0 Å². The number of carbonyl (C=O) groups excluding carboxylic acids is 1. The fourth-order valence-corrected chi connectivity index (χ4v) is 3.37. The summed E-state index contributed by atoms with van der Waals surface area (Å²) in [6.07, 6.45) is 5.86. The summed E-state index contributed by atoms with van der Waals surface area (Å²) < 4.78 is 0. The van der Waals surface area contributed by atoms with Crippen LogP contribution in [0.2, 0.25) is 0 Å². The molecule has 0 spiro atoms. The minimum atomic E-state index is -0.677. The van der Waals surface area contributed by atoms with Gasteiger partial charge in [-0.3, -0.25) is 4.79 Å². The van der Waals surface area contributed by atoms with Gasteiger partial charge in [-0.1, -0.05) is 43.4 Å². The molecule has 0 bridgehead atoms. The maximum absolute atomic E-state index is 12.6. The lowest BCUT2D eigenvalue weighted by molar-refractivity contribution is -0.121. The van der Waals surface area contributed by atoms with E-state index in [1.807, 2.05) is 12.1 Å². The van der Waals surface area contributed by atoms with Crippen LogP contribution in [-0.4, -0.2) is 24.0 Å². The first-order chi connectivity index (χ1) is 11.5. The Balaban J connectivity index is 2.07. The maximum Gasteiger partial charge on any atom is 0.240 e. The molecule has 1 amide bonds. The Morgan fingerprint density at radius 2 is 1.79 bits per heavy atom. The van der Waals surface area contributed by atoms with Crippen molar-refractivity contribution in [1.29, 1.82) is 5.26 Å². The van der Waals surface area contributed by atoms with E-state index < -0.39 is 5.54 Å². The van der Waals surface area contributed by atoms with Crippen LogP contribution >= 0.6 is 0 Å². The Hall–Kier alpha value is -2.02. The van der Waals surface area contributed by atoms with E-state index in [-0.39, 0.29) is 18.5 Å². The summed E-state index contributed by atoms with van der Waals surface area (Å²) in [4.78, 5) is 14.7. The number of aryl methyl sites for hydroxylation is 1. The molecular weight excluding hydrogens is 298 g/mol. The van der Waals surface area contributed by atoms with Gasteiger partial charge in [-0.05, 0) is 45.7 Å². The third-order valence-corrected chi connectivity index (χ3v) is 4.85. The molecule has 4 nitrogen and oxygen atoms in total. The van der Waals surface area contributed by atoms with Gasteiger partial charge in [-0.15, -0.1) is 0 Å². The topological polar surface area (TPSA) is 56.1 Å². The smallest absolute Gasteiger partial charge is 0.240 e. The lowest BCUT2D eigenvalue weighted by Crippen LogP contribution is -2.51. The fraction of sp³-hybridized carbons (Fsp3) is 0.600. The fourth-order valence-electron chi connectivity index (χ4n) is 3.37. The highest BCUT2D eigenvalue weighted by Gasteiger charge is 2.33. The standard InChI is InChI=1S/C20H29N3O/c1-16(2)23(18-10-8-17(3)9-11-18)14-19(24)22-20(15-21)12-6-4-5-7-13-20/h8-11,16H,4-7,12-14H2,1-3H3,(H,22,24). The van der Waals surface area contributed by atoms with Gasteiger partial charge in [-0.2, -0.15) is 5.26 Å². The second-order valence-electron chi connectivity index (χ2n) is 7.21. The number of nitriles is 1. The van der Waals surface area contributed by atoms with E-state index in [9.17, 15) is 10.1 Å². The van der Waals surface area contributed by atoms with Crippen LogP contribution in [0.15, 0.2) is 24.3 Å². The van der Waals surface area contributed by atoms with Crippen LogP contribution < -0.4 is 10.2 Å². The molecule has 0 radical (unpaired) electrons. The molecule has 0 aliphatic heterocycles. The van der Waals surface area contributed by atoms with E-state index in [0.29, 0.717) is 0 Å². The van der Waals surface area contributed by atoms with E-state index >= 15 is 0 Å². The van der Waals surface area contributed by atoms with E-state index in [2.05, 4.69) is 49.2 Å². The van der Waals surface area contributed by atoms with Crippen LogP contribution in [0.3, 0.4) is 0 Å². The zero-order valence-corrected chi connectivity index (χ0v) is 15.1. The Labute approximate surface area is 145 Å². The number of hydrogen-bond donors (Lipinski definition) is 1. The number of nitrogens with zero attached hydrogens (tertiary/aromatic N) is 2. The SMILES string of the molecule is Cc1ccc(N(CC(=O)NC2(C#N)CCCCCC2)C(C)C)cc1. The molecule has 1 aromatic rings. The quantitative estimate of drug-likeness (QED) is 0.833. The van der Waals surface area contributed by atoms with Gasteiger partial charge >= 0.3 is 0 Å². The number of carbonyl (C=O) groups is 1. The number of benzene rings is 1. The number of anilines is 1. The van der Waals surface area contributed by atoms with Crippen molar-refractivity contribution in [2.75, 3.05) is 11.4 Å². The van der Waals surface area contributed by atoms with Crippen molar-refractivity contribution in [2.45, 2.75) is 70.9 Å². The summed E-state index contributed by atoms with van der Waals surface area (Å²) in [5.41, 5.74) is 1.56. The van der Waals surface area contributed by atoms with Crippen LogP contribution in [0.5, 0.6) is 0 Å². The number of amides is 1. The lowest BCUT2D eigenvalue weighted by atomic mass is 9.92. The molecule has 0 heterocycles. The second kappa shape index (κ2) is 8.19. The van der Waals surface area contributed by atoms with E-state index in [4.69, 9.17) is 0 Å². The van der Waals surface area contributed by atoms with E-state index in [1.165, 1.54) is 5.56 Å². The molecule has 24 heavy (non-hydrogen) atoms. The predicted octanol–water partition coefficient (Wildman–Crippen LogP) is 3.94. The normalized spacial score (nSPS) is 17.0. The Morgan fingerprint density at radius 1 is 1.21 bits per heavy atom. The Kier molecular flexibility index (Phi) is 6.25. The average Bonchev–Trinajstić information content (AvgIpc) is 2.79. The summed E-state index contributed by atoms with van der Waals surface area (Å²) in [5.74, 6) is -0.0623. The molecule has 1 fully saturated rings. The predicted molar refractivity (Wildman–Crippen MR) is 97.8 cm³/mol. The van der Waals surface area contributed by atoms with Crippen molar-refractivity contribution in [2.24, 2.45) is 0 Å². The van der Waals surface area contributed by atoms with E-state index in [1.54, 1.807) is 0 Å². The highest BCUT2D eigenvalue weighted by Crippen LogP contribution is 2.27.